The van der Waals surface area contributed by atoms with Crippen LogP contribution in [-0.2, 0) is 0 Å². The van der Waals surface area contributed by atoms with Gasteiger partial charge in [-0.15, -0.1) is 11.8 Å². The number of carbonyl (C=O) groups is 1. The Labute approximate surface area is 226 Å². The van der Waals surface area contributed by atoms with E-state index in [9.17, 15) is 9.18 Å². The van der Waals surface area contributed by atoms with Crippen molar-refractivity contribution >= 4 is 34.6 Å². The molecule has 200 valence electrons. The first-order chi connectivity index (χ1) is 18.5. The number of thioether (sulfide) groups is 1. The van der Waals surface area contributed by atoms with Crippen LogP contribution in [0.15, 0.2) is 41.4 Å². The number of carbonyl (C=O) groups excluding carboxylic acids is 1. The molecule has 0 radical (unpaired) electrons. The smallest absolute Gasteiger partial charge is 0.251 e. The lowest BCUT2D eigenvalue weighted by Crippen LogP contribution is -2.46. The number of nitrogens with zero attached hydrogens (tertiary/aromatic N) is 2. The Balaban J connectivity index is 1.39. The first kappa shape index (κ1) is 26.1. The third-order valence-electron chi connectivity index (χ3n) is 6.78. The van der Waals surface area contributed by atoms with Crippen LogP contribution in [0.5, 0.6) is 11.6 Å². The first-order valence-corrected chi connectivity index (χ1v) is 13.6. The number of likely N-dealkylation sites (tertiary alicyclic amines) is 1. The second-order valence-electron chi connectivity index (χ2n) is 9.33. The molecular formula is C28H32FN5O3S. The molecule has 5 rings (SSSR count). The van der Waals surface area contributed by atoms with E-state index in [1.165, 1.54) is 0 Å². The van der Waals surface area contributed by atoms with Gasteiger partial charge in [0.15, 0.2) is 5.88 Å². The summed E-state index contributed by atoms with van der Waals surface area (Å²) in [6.07, 6.45) is -0.187. The van der Waals surface area contributed by atoms with Crippen molar-refractivity contribution in [1.29, 1.82) is 0 Å². The monoisotopic (exact) mass is 537 g/mol. The number of nitrogens with one attached hydrogen (secondary N) is 3. The van der Waals surface area contributed by atoms with Gasteiger partial charge in [0, 0.05) is 37.5 Å². The minimum Gasteiger partial charge on any atom is -0.495 e. The molecular weight excluding hydrogens is 505 g/mol. The Bertz CT molecular complexity index is 1400. The summed E-state index contributed by atoms with van der Waals surface area (Å²) in [5.74, 6) is 8.50. The van der Waals surface area contributed by atoms with Gasteiger partial charge in [-0.1, -0.05) is 11.8 Å². The second-order valence-corrected chi connectivity index (χ2v) is 10.4. The van der Waals surface area contributed by atoms with Crippen LogP contribution in [0, 0.1) is 11.8 Å². The highest BCUT2D eigenvalue weighted by atomic mass is 32.2. The summed E-state index contributed by atoms with van der Waals surface area (Å²) in [4.78, 5) is 13.9. The molecule has 4 heterocycles. The van der Waals surface area contributed by atoms with Gasteiger partial charge in [0.2, 0.25) is 0 Å². The largest absolute Gasteiger partial charge is 0.495 e. The topological polar surface area (TPSA) is 79.3 Å². The molecule has 1 saturated heterocycles. The quantitative estimate of drug-likeness (QED) is 0.414. The number of alkyl halides is 1. The van der Waals surface area contributed by atoms with Gasteiger partial charge in [0.25, 0.3) is 5.91 Å². The van der Waals surface area contributed by atoms with E-state index in [4.69, 9.17) is 9.47 Å². The van der Waals surface area contributed by atoms with Gasteiger partial charge in [-0.2, -0.15) is 0 Å². The molecule has 0 aliphatic carbocycles. The number of benzene rings is 1. The highest BCUT2D eigenvalue weighted by Crippen LogP contribution is 2.37. The van der Waals surface area contributed by atoms with Gasteiger partial charge in [-0.25, -0.2) is 4.39 Å². The average Bonchev–Trinajstić information content (AvgIpc) is 3.15. The fourth-order valence-electron chi connectivity index (χ4n) is 4.80. The summed E-state index contributed by atoms with van der Waals surface area (Å²) < 4.78 is 28.3. The van der Waals surface area contributed by atoms with Crippen LogP contribution in [0.3, 0.4) is 0 Å². The standard InChI is InChI=1S/C28H32FN5O3S/c1-30-27(35)18-6-7-23(25(16-18)36-3)31-11-4-5-19-15-24-22(32-21-10-12-33(2)17-20(21)29)8-9-26-34(24)28(19)38-14-13-37-26/h6-9,15-16,20-21,31-32H,10-14,17H2,1-3H3,(H,30,35)/t20-,21+/m0/s1. The van der Waals surface area contributed by atoms with E-state index in [2.05, 4.69) is 38.3 Å². The zero-order valence-electron chi connectivity index (χ0n) is 21.8. The summed E-state index contributed by atoms with van der Waals surface area (Å²) in [7, 11) is 5.12. The number of hydrogen-bond acceptors (Lipinski definition) is 7. The Kier molecular flexibility index (Phi) is 7.86. The van der Waals surface area contributed by atoms with E-state index in [0.717, 1.165) is 52.1 Å². The molecule has 10 heteroatoms. The number of rotatable bonds is 6. The molecule has 1 fully saturated rings. The molecule has 2 aliphatic heterocycles. The van der Waals surface area contributed by atoms with E-state index >= 15 is 0 Å². The average molecular weight is 538 g/mol. The highest BCUT2D eigenvalue weighted by molar-refractivity contribution is 7.99. The number of pyridine rings is 1. The van der Waals surface area contributed by atoms with E-state index in [-0.39, 0.29) is 11.9 Å². The zero-order valence-corrected chi connectivity index (χ0v) is 22.6. The number of piperidine rings is 1. The molecule has 1 aromatic carbocycles. The number of hydrogen-bond donors (Lipinski definition) is 3. The van der Waals surface area contributed by atoms with E-state index in [1.807, 2.05) is 30.1 Å². The van der Waals surface area contributed by atoms with Crippen LogP contribution >= 0.6 is 11.8 Å². The predicted molar refractivity (Wildman–Crippen MR) is 150 cm³/mol. The fraction of sp³-hybridized carbons (Fsp3) is 0.393. The summed E-state index contributed by atoms with van der Waals surface area (Å²) in [5, 5.41) is 10.4. The van der Waals surface area contributed by atoms with Crippen molar-refractivity contribution < 1.29 is 18.7 Å². The van der Waals surface area contributed by atoms with Crippen molar-refractivity contribution in [3.63, 3.8) is 0 Å². The van der Waals surface area contributed by atoms with Gasteiger partial charge in [-0.3, -0.25) is 9.20 Å². The van der Waals surface area contributed by atoms with Gasteiger partial charge < -0.3 is 30.3 Å². The number of ether oxygens (including phenoxy) is 2. The van der Waals surface area contributed by atoms with E-state index in [0.29, 0.717) is 31.0 Å². The van der Waals surface area contributed by atoms with Crippen LogP contribution in [0.4, 0.5) is 15.8 Å². The summed E-state index contributed by atoms with van der Waals surface area (Å²) in [6.45, 7) is 2.29. The Morgan fingerprint density at radius 2 is 2.11 bits per heavy atom. The van der Waals surface area contributed by atoms with Gasteiger partial charge in [0.05, 0.1) is 53.8 Å². The summed E-state index contributed by atoms with van der Waals surface area (Å²) in [6, 6.07) is 11.0. The molecule has 1 amide bonds. The molecule has 2 aliphatic rings. The minimum absolute atomic E-state index is 0.173. The number of halogens is 1. The molecule has 0 unspecified atom stereocenters. The molecule has 2 aromatic heterocycles. The van der Waals surface area contributed by atoms with Gasteiger partial charge in [0.1, 0.15) is 11.9 Å². The lowest BCUT2D eigenvalue weighted by atomic mass is 10.0. The third-order valence-corrected chi connectivity index (χ3v) is 7.83. The summed E-state index contributed by atoms with van der Waals surface area (Å²) in [5.41, 5.74) is 3.99. The highest BCUT2D eigenvalue weighted by Gasteiger charge is 2.28. The normalized spacial score (nSPS) is 19.1. The van der Waals surface area contributed by atoms with Crippen molar-refractivity contribution in [1.82, 2.24) is 14.6 Å². The number of amides is 1. The molecule has 0 spiro atoms. The lowest BCUT2D eigenvalue weighted by Gasteiger charge is -2.33. The Morgan fingerprint density at radius 1 is 1.26 bits per heavy atom. The maximum atomic E-state index is 14.8. The number of aromatic nitrogens is 1. The van der Waals surface area contributed by atoms with Crippen molar-refractivity contribution in [2.24, 2.45) is 0 Å². The van der Waals surface area contributed by atoms with Gasteiger partial charge in [-0.05, 0) is 43.8 Å². The molecule has 0 bridgehead atoms. The van der Waals surface area contributed by atoms with E-state index in [1.54, 1.807) is 38.1 Å². The molecule has 2 atom stereocenters. The zero-order chi connectivity index (χ0) is 26.6. The fourth-order valence-corrected chi connectivity index (χ4v) is 5.74. The third kappa shape index (κ3) is 5.35. The van der Waals surface area contributed by atoms with Crippen LogP contribution in [0.2, 0.25) is 0 Å². The maximum absolute atomic E-state index is 14.8. The molecule has 38 heavy (non-hydrogen) atoms. The summed E-state index contributed by atoms with van der Waals surface area (Å²) >= 11 is 1.71. The Hall–Kier alpha value is -3.55. The SMILES string of the molecule is CNC(=O)c1ccc(NCC#Cc2cc3c(N[C@@H]4CCN(C)C[C@@H]4F)ccc4n3c2SCCO4)c(OC)c1. The van der Waals surface area contributed by atoms with Crippen molar-refractivity contribution in [2.75, 3.05) is 63.8 Å². The van der Waals surface area contributed by atoms with Crippen molar-refractivity contribution in [2.45, 2.75) is 23.7 Å². The van der Waals surface area contributed by atoms with Crippen LogP contribution in [0.1, 0.15) is 22.3 Å². The minimum atomic E-state index is -0.933. The first-order valence-electron chi connectivity index (χ1n) is 12.6. The van der Waals surface area contributed by atoms with Crippen LogP contribution in [0.25, 0.3) is 5.52 Å². The van der Waals surface area contributed by atoms with Gasteiger partial charge >= 0.3 is 0 Å². The molecule has 3 N–H and O–H groups in total. The van der Waals surface area contributed by atoms with Crippen molar-refractivity contribution in [3.8, 4) is 23.5 Å². The van der Waals surface area contributed by atoms with Crippen LogP contribution < -0.4 is 25.4 Å². The second kappa shape index (κ2) is 11.5. The Morgan fingerprint density at radius 3 is 2.89 bits per heavy atom. The maximum Gasteiger partial charge on any atom is 0.251 e. The van der Waals surface area contributed by atoms with Crippen LogP contribution in [-0.4, -0.2) is 80.6 Å². The van der Waals surface area contributed by atoms with E-state index < -0.39 is 6.17 Å². The molecule has 0 saturated carbocycles. The molecule has 3 aromatic rings. The lowest BCUT2D eigenvalue weighted by molar-refractivity contribution is 0.0962. The molecule has 8 nitrogen and oxygen atoms in total. The number of anilines is 2. The van der Waals surface area contributed by atoms with Crippen molar-refractivity contribution in [3.05, 3.63) is 47.5 Å². The predicted octanol–water partition coefficient (Wildman–Crippen LogP) is 3.71. The number of methoxy groups -OCH3 is 1.